The fourth-order valence-corrected chi connectivity index (χ4v) is 0.895. The van der Waals surface area contributed by atoms with Gasteiger partial charge in [0.1, 0.15) is 0 Å². The summed E-state index contributed by atoms with van der Waals surface area (Å²) in [6, 6.07) is -0.172. The van der Waals surface area contributed by atoms with E-state index in [-0.39, 0.29) is 6.04 Å². The lowest BCUT2D eigenvalue weighted by molar-refractivity contribution is 0.847. The smallest absolute Gasteiger partial charge is 0.0921 e. The third-order valence-electron chi connectivity index (χ3n) is 1.31. The Hall–Kier alpha value is -0.390. The first kappa shape index (κ1) is 8.70. The summed E-state index contributed by atoms with van der Waals surface area (Å²) in [6.07, 6.45) is 4.01. The van der Waals surface area contributed by atoms with E-state index in [2.05, 4.69) is 22.6 Å². The predicted octanol–water partition coefficient (Wildman–Crippen LogP) is 0.537. The third-order valence-corrected chi connectivity index (χ3v) is 1.95. The standard InChI is InChI=1S/C6H9N3S2/c7-5(6(10)11)1-4-2-8-3-9-4/h2-3,5H,1,7H2,(H,8,9)(H,10,11)/t5-/m0/s1. The van der Waals surface area contributed by atoms with Gasteiger partial charge in [0, 0.05) is 18.3 Å². The van der Waals surface area contributed by atoms with Gasteiger partial charge in [-0.05, 0) is 0 Å². The van der Waals surface area contributed by atoms with Gasteiger partial charge < -0.3 is 10.7 Å². The average molecular weight is 187 g/mol. The Balaban J connectivity index is 2.50. The highest BCUT2D eigenvalue weighted by Gasteiger charge is 2.06. The quantitative estimate of drug-likeness (QED) is 0.478. The first-order valence-corrected chi connectivity index (χ1v) is 4.01. The molecule has 1 aromatic rings. The number of hydrogen-bond donors (Lipinski definition) is 3. The highest BCUT2D eigenvalue weighted by molar-refractivity contribution is 8.11. The van der Waals surface area contributed by atoms with Gasteiger partial charge in [-0.3, -0.25) is 0 Å². The van der Waals surface area contributed by atoms with Crippen LogP contribution in [-0.4, -0.2) is 20.2 Å². The van der Waals surface area contributed by atoms with Crippen molar-refractivity contribution in [1.82, 2.24) is 9.97 Å². The molecule has 3 N–H and O–H groups in total. The van der Waals surface area contributed by atoms with Crippen LogP contribution in [0.1, 0.15) is 5.69 Å². The van der Waals surface area contributed by atoms with Gasteiger partial charge in [0.05, 0.1) is 16.6 Å². The fourth-order valence-electron chi connectivity index (χ4n) is 0.721. The topological polar surface area (TPSA) is 54.7 Å². The van der Waals surface area contributed by atoms with Crippen molar-refractivity contribution < 1.29 is 0 Å². The van der Waals surface area contributed by atoms with E-state index in [1.165, 1.54) is 0 Å². The van der Waals surface area contributed by atoms with Crippen LogP contribution in [0.25, 0.3) is 0 Å². The summed E-state index contributed by atoms with van der Waals surface area (Å²) in [7, 11) is 0. The van der Waals surface area contributed by atoms with Gasteiger partial charge in [0.25, 0.3) is 0 Å². The molecule has 0 fully saturated rings. The molecule has 5 heteroatoms. The van der Waals surface area contributed by atoms with E-state index >= 15 is 0 Å². The largest absolute Gasteiger partial charge is 0.348 e. The summed E-state index contributed by atoms with van der Waals surface area (Å²) < 4.78 is 0.527. The van der Waals surface area contributed by atoms with Gasteiger partial charge in [-0.25, -0.2) is 4.98 Å². The average Bonchev–Trinajstić information content (AvgIpc) is 2.39. The Labute approximate surface area is 75.8 Å². The zero-order valence-corrected chi connectivity index (χ0v) is 7.53. The van der Waals surface area contributed by atoms with Crippen molar-refractivity contribution in [2.75, 3.05) is 0 Å². The molecule has 0 unspecified atom stereocenters. The first-order chi connectivity index (χ1) is 5.20. The molecule has 1 rings (SSSR count). The number of aromatic amines is 1. The number of nitrogens with zero attached hydrogens (tertiary/aromatic N) is 1. The van der Waals surface area contributed by atoms with E-state index in [0.29, 0.717) is 10.6 Å². The molecule has 11 heavy (non-hydrogen) atoms. The molecule has 0 aliphatic carbocycles. The molecule has 1 heterocycles. The maximum atomic E-state index is 5.64. The number of thiol groups is 1. The maximum absolute atomic E-state index is 5.64. The lowest BCUT2D eigenvalue weighted by atomic mass is 10.2. The molecular weight excluding hydrogens is 178 g/mol. The molecule has 0 aliphatic heterocycles. The van der Waals surface area contributed by atoms with Crippen molar-refractivity contribution in [2.45, 2.75) is 12.5 Å². The third kappa shape index (κ3) is 2.61. The highest BCUT2D eigenvalue weighted by atomic mass is 32.1. The number of nitrogens with two attached hydrogens (primary N) is 1. The second-order valence-corrected chi connectivity index (χ2v) is 3.45. The van der Waals surface area contributed by atoms with Crippen LogP contribution in [0, 0.1) is 0 Å². The molecule has 0 saturated heterocycles. The number of H-pyrrole nitrogens is 1. The Kier molecular flexibility index (Phi) is 3.04. The monoisotopic (exact) mass is 187 g/mol. The van der Waals surface area contributed by atoms with Crippen molar-refractivity contribution in [3.63, 3.8) is 0 Å². The molecule has 0 saturated carbocycles. The molecule has 60 valence electrons. The molecule has 0 aliphatic rings. The Morgan fingerprint density at radius 3 is 3.09 bits per heavy atom. The fraction of sp³-hybridized carbons (Fsp3) is 0.333. The van der Waals surface area contributed by atoms with Crippen molar-refractivity contribution in [3.8, 4) is 0 Å². The zero-order valence-electron chi connectivity index (χ0n) is 5.82. The lowest BCUT2D eigenvalue weighted by Crippen LogP contribution is -2.28. The molecule has 0 aromatic carbocycles. The minimum Gasteiger partial charge on any atom is -0.348 e. The van der Waals surface area contributed by atoms with Gasteiger partial charge in [0.15, 0.2) is 0 Å². The second kappa shape index (κ2) is 3.85. The summed E-state index contributed by atoms with van der Waals surface area (Å²) in [5.74, 6) is 0. The Morgan fingerprint density at radius 2 is 2.64 bits per heavy atom. The Morgan fingerprint density at radius 1 is 1.91 bits per heavy atom. The SMILES string of the molecule is N[C@@H](Cc1cnc[nH]1)C(=S)S. The minimum atomic E-state index is -0.172. The molecule has 1 atom stereocenters. The van der Waals surface area contributed by atoms with Crippen molar-refractivity contribution in [3.05, 3.63) is 18.2 Å². The van der Waals surface area contributed by atoms with E-state index < -0.39 is 0 Å². The van der Waals surface area contributed by atoms with E-state index in [4.69, 9.17) is 18.0 Å². The van der Waals surface area contributed by atoms with Crippen LogP contribution < -0.4 is 5.73 Å². The van der Waals surface area contributed by atoms with Gasteiger partial charge in [0.2, 0.25) is 0 Å². The van der Waals surface area contributed by atoms with Crippen molar-refractivity contribution in [2.24, 2.45) is 5.73 Å². The summed E-state index contributed by atoms with van der Waals surface area (Å²) >= 11 is 8.77. The van der Waals surface area contributed by atoms with Crippen molar-refractivity contribution in [1.29, 1.82) is 0 Å². The highest BCUT2D eigenvalue weighted by Crippen LogP contribution is 2.00. The number of hydrogen-bond acceptors (Lipinski definition) is 3. The molecule has 0 bridgehead atoms. The first-order valence-electron chi connectivity index (χ1n) is 3.16. The summed E-state index contributed by atoms with van der Waals surface area (Å²) in [6.45, 7) is 0. The number of thiocarbonyl (C=S) groups is 1. The normalized spacial score (nSPS) is 12.9. The van der Waals surface area contributed by atoms with E-state index in [9.17, 15) is 0 Å². The van der Waals surface area contributed by atoms with Crippen LogP contribution in [0.15, 0.2) is 12.5 Å². The summed E-state index contributed by atoms with van der Waals surface area (Å²) in [4.78, 5) is 6.79. The summed E-state index contributed by atoms with van der Waals surface area (Å²) in [5.41, 5.74) is 6.62. The summed E-state index contributed by atoms with van der Waals surface area (Å²) in [5, 5.41) is 0. The molecular formula is C6H9N3S2. The van der Waals surface area contributed by atoms with E-state index in [1.54, 1.807) is 12.5 Å². The second-order valence-electron chi connectivity index (χ2n) is 2.23. The minimum absolute atomic E-state index is 0.172. The zero-order chi connectivity index (χ0) is 8.27. The maximum Gasteiger partial charge on any atom is 0.0921 e. The van der Waals surface area contributed by atoms with Gasteiger partial charge in [-0.2, -0.15) is 0 Å². The van der Waals surface area contributed by atoms with Gasteiger partial charge in [-0.15, -0.1) is 12.6 Å². The van der Waals surface area contributed by atoms with Gasteiger partial charge >= 0.3 is 0 Å². The molecule has 0 amide bonds. The van der Waals surface area contributed by atoms with Crippen LogP contribution in [0.5, 0.6) is 0 Å². The Bertz CT molecular complexity index is 232. The van der Waals surface area contributed by atoms with Crippen molar-refractivity contribution >= 4 is 29.0 Å². The van der Waals surface area contributed by atoms with Crippen LogP contribution in [-0.2, 0) is 6.42 Å². The number of rotatable bonds is 3. The predicted molar refractivity (Wildman–Crippen MR) is 51.9 cm³/mol. The van der Waals surface area contributed by atoms with Gasteiger partial charge in [-0.1, -0.05) is 12.2 Å². The van der Waals surface area contributed by atoms with E-state index in [0.717, 1.165) is 5.69 Å². The van der Waals surface area contributed by atoms with Crippen LogP contribution >= 0.6 is 24.8 Å². The molecule has 0 radical (unpaired) electrons. The number of aromatic nitrogens is 2. The van der Waals surface area contributed by atoms with Crippen LogP contribution in [0.2, 0.25) is 0 Å². The van der Waals surface area contributed by atoms with E-state index in [1.807, 2.05) is 0 Å². The van der Waals surface area contributed by atoms with Crippen LogP contribution in [0.4, 0.5) is 0 Å². The van der Waals surface area contributed by atoms with Crippen LogP contribution in [0.3, 0.4) is 0 Å². The molecule has 3 nitrogen and oxygen atoms in total. The number of nitrogens with one attached hydrogen (secondary N) is 1. The molecule has 0 spiro atoms. The molecule has 1 aromatic heterocycles. The lowest BCUT2D eigenvalue weighted by Gasteiger charge is -2.05. The number of imidazole rings is 1.